The number of anilines is 1. The van der Waals surface area contributed by atoms with E-state index < -0.39 is 10.0 Å². The van der Waals surface area contributed by atoms with Gasteiger partial charge in [-0.15, -0.1) is 0 Å². The molecule has 0 atom stereocenters. The molecule has 164 valence electrons. The number of aryl methyl sites for hydroxylation is 2. The second-order valence-corrected chi connectivity index (χ2v) is 8.85. The zero-order valence-electron chi connectivity index (χ0n) is 17.6. The second-order valence-electron chi connectivity index (χ2n) is 7.20. The smallest absolute Gasteiger partial charge is 0.262 e. The number of nitrogens with one attached hydrogen (secondary N) is 2. The Balaban J connectivity index is 1.53. The van der Waals surface area contributed by atoms with Gasteiger partial charge in [-0.25, -0.2) is 8.42 Å². The molecule has 0 spiro atoms. The maximum absolute atomic E-state index is 12.8. The van der Waals surface area contributed by atoms with E-state index in [-0.39, 0.29) is 10.8 Å². The molecular weight excluding hydrogens is 416 g/mol. The Morgan fingerprint density at radius 2 is 1.90 bits per heavy atom. The van der Waals surface area contributed by atoms with Crippen LogP contribution in [0.2, 0.25) is 0 Å². The molecule has 2 aromatic carbocycles. The maximum atomic E-state index is 12.8. The van der Waals surface area contributed by atoms with Crippen molar-refractivity contribution in [3.63, 3.8) is 0 Å². The lowest BCUT2D eigenvalue weighted by molar-refractivity contribution is 0.0917. The SMILES string of the molecule is Cc1ccc(C)c(S(=O)(=O)Nc2cccc(C(=O)NCCCOCc3ccco3)c2)c1. The zero-order valence-corrected chi connectivity index (χ0v) is 18.4. The first-order valence-corrected chi connectivity index (χ1v) is 11.4. The third-order valence-electron chi connectivity index (χ3n) is 4.59. The Bertz CT molecular complexity index is 1120. The fourth-order valence-electron chi connectivity index (χ4n) is 2.98. The lowest BCUT2D eigenvalue weighted by Crippen LogP contribution is -2.25. The standard InChI is InChI=1S/C23H26N2O5S/c1-17-9-10-18(2)22(14-17)31(27,28)25-20-7-3-6-19(15-20)23(26)24-11-5-12-29-16-21-8-4-13-30-21/h3-4,6-10,13-15,25H,5,11-12,16H2,1-2H3,(H,24,26). The average molecular weight is 443 g/mol. The van der Waals surface area contributed by atoms with Crippen LogP contribution in [0.3, 0.4) is 0 Å². The maximum Gasteiger partial charge on any atom is 0.262 e. The number of carbonyl (C=O) groups is 1. The van der Waals surface area contributed by atoms with Gasteiger partial charge in [0.15, 0.2) is 0 Å². The highest BCUT2D eigenvalue weighted by molar-refractivity contribution is 7.92. The van der Waals surface area contributed by atoms with Crippen molar-refractivity contribution in [2.45, 2.75) is 31.8 Å². The Hall–Kier alpha value is -3.10. The van der Waals surface area contributed by atoms with E-state index >= 15 is 0 Å². The quantitative estimate of drug-likeness (QED) is 0.462. The topological polar surface area (TPSA) is 97.6 Å². The molecule has 1 amide bonds. The van der Waals surface area contributed by atoms with Crippen molar-refractivity contribution in [1.82, 2.24) is 5.32 Å². The van der Waals surface area contributed by atoms with Crippen molar-refractivity contribution in [3.05, 3.63) is 83.3 Å². The lowest BCUT2D eigenvalue weighted by Gasteiger charge is -2.12. The number of hydrogen-bond acceptors (Lipinski definition) is 5. The molecule has 1 aromatic heterocycles. The number of hydrogen-bond donors (Lipinski definition) is 2. The monoisotopic (exact) mass is 442 g/mol. The summed E-state index contributed by atoms with van der Waals surface area (Å²) in [6.45, 7) is 4.90. The van der Waals surface area contributed by atoms with E-state index in [1.807, 2.05) is 19.1 Å². The Morgan fingerprint density at radius 3 is 2.68 bits per heavy atom. The van der Waals surface area contributed by atoms with Gasteiger partial charge in [0.25, 0.3) is 15.9 Å². The molecule has 0 radical (unpaired) electrons. The largest absolute Gasteiger partial charge is 0.467 e. The summed E-state index contributed by atoms with van der Waals surface area (Å²) in [6.07, 6.45) is 2.24. The van der Waals surface area contributed by atoms with E-state index in [4.69, 9.17) is 9.15 Å². The van der Waals surface area contributed by atoms with Crippen molar-refractivity contribution in [1.29, 1.82) is 0 Å². The summed E-state index contributed by atoms with van der Waals surface area (Å²) in [6, 6.07) is 15.3. The van der Waals surface area contributed by atoms with Gasteiger partial charge in [-0.2, -0.15) is 0 Å². The van der Waals surface area contributed by atoms with E-state index in [1.165, 1.54) is 6.07 Å². The number of sulfonamides is 1. The summed E-state index contributed by atoms with van der Waals surface area (Å²) in [4.78, 5) is 12.6. The fourth-order valence-corrected chi connectivity index (χ4v) is 4.36. The van der Waals surface area contributed by atoms with E-state index in [1.54, 1.807) is 49.6 Å². The van der Waals surface area contributed by atoms with Crippen LogP contribution in [-0.4, -0.2) is 27.5 Å². The average Bonchev–Trinajstić information content (AvgIpc) is 3.25. The van der Waals surface area contributed by atoms with Crippen molar-refractivity contribution in [2.24, 2.45) is 0 Å². The number of rotatable bonds is 10. The van der Waals surface area contributed by atoms with Gasteiger partial charge in [0.1, 0.15) is 12.4 Å². The lowest BCUT2D eigenvalue weighted by atomic mass is 10.2. The molecular formula is C23H26N2O5S. The highest BCUT2D eigenvalue weighted by atomic mass is 32.2. The first-order chi connectivity index (χ1) is 14.8. The number of benzene rings is 2. The summed E-state index contributed by atoms with van der Waals surface area (Å²) >= 11 is 0. The second kappa shape index (κ2) is 10.3. The molecule has 2 N–H and O–H groups in total. The number of furan rings is 1. The van der Waals surface area contributed by atoms with E-state index in [9.17, 15) is 13.2 Å². The third-order valence-corrected chi connectivity index (χ3v) is 6.11. The molecule has 0 saturated carbocycles. The summed E-state index contributed by atoms with van der Waals surface area (Å²) in [7, 11) is -3.76. The molecule has 3 rings (SSSR count). The van der Waals surface area contributed by atoms with Crippen LogP contribution in [0.15, 0.2) is 70.2 Å². The highest BCUT2D eigenvalue weighted by Gasteiger charge is 2.18. The van der Waals surface area contributed by atoms with Gasteiger partial charge in [-0.1, -0.05) is 18.2 Å². The number of carbonyl (C=O) groups excluding carboxylic acids is 1. The van der Waals surface area contributed by atoms with Crippen LogP contribution in [-0.2, 0) is 21.4 Å². The summed E-state index contributed by atoms with van der Waals surface area (Å²) in [5.41, 5.74) is 2.21. The minimum absolute atomic E-state index is 0.219. The molecule has 0 unspecified atom stereocenters. The van der Waals surface area contributed by atoms with Gasteiger partial charge in [0.2, 0.25) is 0 Å². The van der Waals surface area contributed by atoms with Crippen molar-refractivity contribution in [3.8, 4) is 0 Å². The van der Waals surface area contributed by atoms with Crippen LogP contribution in [0.5, 0.6) is 0 Å². The summed E-state index contributed by atoms with van der Waals surface area (Å²) < 4.78 is 38.8. The third kappa shape index (κ3) is 6.44. The predicted molar refractivity (Wildman–Crippen MR) is 118 cm³/mol. The minimum Gasteiger partial charge on any atom is -0.467 e. The zero-order chi connectivity index (χ0) is 22.3. The molecule has 0 bridgehead atoms. The molecule has 0 fully saturated rings. The molecule has 31 heavy (non-hydrogen) atoms. The number of amides is 1. The van der Waals surface area contributed by atoms with Gasteiger partial charge >= 0.3 is 0 Å². The normalized spacial score (nSPS) is 11.3. The molecule has 0 saturated heterocycles. The first kappa shape index (κ1) is 22.6. The summed E-state index contributed by atoms with van der Waals surface area (Å²) in [5.74, 6) is 0.475. The van der Waals surface area contributed by atoms with Gasteiger partial charge < -0.3 is 14.5 Å². The van der Waals surface area contributed by atoms with E-state index in [2.05, 4.69) is 10.0 Å². The minimum atomic E-state index is -3.76. The van der Waals surface area contributed by atoms with Crippen molar-refractivity contribution in [2.75, 3.05) is 17.9 Å². The van der Waals surface area contributed by atoms with Gasteiger partial charge in [-0.3, -0.25) is 9.52 Å². The van der Waals surface area contributed by atoms with Gasteiger partial charge in [0, 0.05) is 24.4 Å². The molecule has 3 aromatic rings. The molecule has 8 heteroatoms. The van der Waals surface area contributed by atoms with Gasteiger partial charge in [0.05, 0.1) is 11.2 Å². The molecule has 0 aliphatic carbocycles. The van der Waals surface area contributed by atoms with E-state index in [0.717, 1.165) is 11.3 Å². The Morgan fingerprint density at radius 1 is 1.06 bits per heavy atom. The van der Waals surface area contributed by atoms with Crippen LogP contribution >= 0.6 is 0 Å². The van der Waals surface area contributed by atoms with Crippen molar-refractivity contribution < 1.29 is 22.4 Å². The Kier molecular flexibility index (Phi) is 7.49. The molecule has 0 aliphatic heterocycles. The van der Waals surface area contributed by atoms with E-state index in [0.29, 0.717) is 43.0 Å². The fraction of sp³-hybridized carbons (Fsp3) is 0.261. The van der Waals surface area contributed by atoms with Gasteiger partial charge in [-0.05, 0) is 67.8 Å². The van der Waals surface area contributed by atoms with Crippen LogP contribution in [0.4, 0.5) is 5.69 Å². The summed E-state index contributed by atoms with van der Waals surface area (Å²) in [5, 5.41) is 2.81. The Labute approximate surface area is 182 Å². The van der Waals surface area contributed by atoms with Crippen molar-refractivity contribution >= 4 is 21.6 Å². The molecule has 1 heterocycles. The molecule has 7 nitrogen and oxygen atoms in total. The van der Waals surface area contributed by atoms with Crippen LogP contribution in [0.25, 0.3) is 0 Å². The molecule has 0 aliphatic rings. The number of ether oxygens (including phenoxy) is 1. The predicted octanol–water partition coefficient (Wildman–Crippen LogP) is 4.03. The van der Waals surface area contributed by atoms with Crippen LogP contribution in [0, 0.1) is 13.8 Å². The van der Waals surface area contributed by atoms with Crippen LogP contribution in [0.1, 0.15) is 33.7 Å². The highest BCUT2D eigenvalue weighted by Crippen LogP contribution is 2.21. The van der Waals surface area contributed by atoms with Crippen LogP contribution < -0.4 is 10.0 Å². The first-order valence-electron chi connectivity index (χ1n) is 9.93.